The van der Waals surface area contributed by atoms with E-state index in [0.717, 1.165) is 30.5 Å². The summed E-state index contributed by atoms with van der Waals surface area (Å²) in [5.74, 6) is 0.715. The van der Waals surface area contributed by atoms with Gasteiger partial charge in [-0.1, -0.05) is 26.0 Å². The van der Waals surface area contributed by atoms with Gasteiger partial charge in [0, 0.05) is 12.4 Å². The molecule has 0 spiro atoms. The number of fused-ring (bicyclic) bond motifs is 1. The van der Waals surface area contributed by atoms with Crippen molar-refractivity contribution < 1.29 is 4.42 Å². The molecule has 0 saturated heterocycles. The molecule has 2 rings (SSSR count). The van der Waals surface area contributed by atoms with Crippen molar-refractivity contribution in [1.29, 1.82) is 0 Å². The first kappa shape index (κ1) is 13.2. The summed E-state index contributed by atoms with van der Waals surface area (Å²) >= 11 is 5.73. The van der Waals surface area contributed by atoms with Gasteiger partial charge in [-0.05, 0) is 30.4 Å². The van der Waals surface area contributed by atoms with E-state index in [-0.39, 0.29) is 5.41 Å². The van der Waals surface area contributed by atoms with Crippen molar-refractivity contribution in [3.05, 3.63) is 24.3 Å². The Hall–Kier alpha value is -1.22. The first-order valence-electron chi connectivity index (χ1n) is 6.26. The van der Waals surface area contributed by atoms with Crippen molar-refractivity contribution in [3.63, 3.8) is 0 Å². The van der Waals surface area contributed by atoms with Crippen LogP contribution in [0.4, 0.5) is 6.01 Å². The van der Waals surface area contributed by atoms with E-state index in [1.165, 1.54) is 0 Å². The summed E-state index contributed by atoms with van der Waals surface area (Å²) in [6, 6.07) is 8.37. The lowest BCUT2D eigenvalue weighted by Gasteiger charge is -2.23. The molecule has 0 bridgehead atoms. The molecule has 0 saturated carbocycles. The lowest BCUT2D eigenvalue weighted by Crippen LogP contribution is -2.23. The first-order valence-corrected chi connectivity index (χ1v) is 6.80. The van der Waals surface area contributed by atoms with Crippen LogP contribution >= 0.6 is 11.6 Å². The van der Waals surface area contributed by atoms with Crippen LogP contribution in [0.2, 0.25) is 0 Å². The number of benzene rings is 1. The fourth-order valence-corrected chi connectivity index (χ4v) is 2.03. The van der Waals surface area contributed by atoms with E-state index >= 15 is 0 Å². The number of nitrogens with one attached hydrogen (secondary N) is 1. The molecule has 0 amide bonds. The van der Waals surface area contributed by atoms with E-state index in [2.05, 4.69) is 24.1 Å². The fourth-order valence-electron chi connectivity index (χ4n) is 1.90. The molecular formula is C14H19ClN2O. The lowest BCUT2D eigenvalue weighted by molar-refractivity contribution is 0.352. The largest absolute Gasteiger partial charge is 0.424 e. The highest BCUT2D eigenvalue weighted by molar-refractivity contribution is 6.17. The Balaban J connectivity index is 1.97. The second-order valence-electron chi connectivity index (χ2n) is 5.30. The Morgan fingerprint density at radius 1 is 1.33 bits per heavy atom. The van der Waals surface area contributed by atoms with Crippen LogP contribution in [-0.2, 0) is 0 Å². The monoisotopic (exact) mass is 266 g/mol. The molecular weight excluding hydrogens is 248 g/mol. The summed E-state index contributed by atoms with van der Waals surface area (Å²) in [4.78, 5) is 4.39. The van der Waals surface area contributed by atoms with Crippen molar-refractivity contribution >= 4 is 28.7 Å². The summed E-state index contributed by atoms with van der Waals surface area (Å²) in [5, 5.41) is 3.26. The number of alkyl halides is 1. The maximum atomic E-state index is 5.73. The van der Waals surface area contributed by atoms with Crippen LogP contribution in [0.15, 0.2) is 28.7 Å². The van der Waals surface area contributed by atoms with E-state index in [1.807, 2.05) is 24.3 Å². The standard InChI is InChI=1S/C14H19ClN2O/c1-14(2,8-5-9-15)10-16-13-17-11-6-3-4-7-12(11)18-13/h3-4,6-7H,5,8-10H2,1-2H3,(H,16,17). The molecule has 0 aliphatic heterocycles. The van der Waals surface area contributed by atoms with Crippen molar-refractivity contribution in [1.82, 2.24) is 4.98 Å². The van der Waals surface area contributed by atoms with E-state index in [1.54, 1.807) is 0 Å². The van der Waals surface area contributed by atoms with Gasteiger partial charge in [0.05, 0.1) is 0 Å². The van der Waals surface area contributed by atoms with Gasteiger partial charge in [-0.2, -0.15) is 4.98 Å². The van der Waals surface area contributed by atoms with Crippen molar-refractivity contribution in [2.45, 2.75) is 26.7 Å². The molecule has 0 aliphatic carbocycles. The van der Waals surface area contributed by atoms with Gasteiger partial charge in [-0.25, -0.2) is 0 Å². The lowest BCUT2D eigenvalue weighted by atomic mass is 9.88. The van der Waals surface area contributed by atoms with Crippen LogP contribution in [-0.4, -0.2) is 17.4 Å². The molecule has 0 aliphatic rings. The van der Waals surface area contributed by atoms with Crippen molar-refractivity contribution in [2.24, 2.45) is 5.41 Å². The third kappa shape index (κ3) is 3.39. The number of anilines is 1. The first-order chi connectivity index (χ1) is 8.61. The average molecular weight is 267 g/mol. The van der Waals surface area contributed by atoms with Gasteiger partial charge in [0.1, 0.15) is 5.52 Å². The molecule has 0 fully saturated rings. The quantitative estimate of drug-likeness (QED) is 0.793. The van der Waals surface area contributed by atoms with Crippen LogP contribution in [0.25, 0.3) is 11.1 Å². The number of halogens is 1. The highest BCUT2D eigenvalue weighted by Crippen LogP contribution is 2.24. The summed E-state index contributed by atoms with van der Waals surface area (Å²) in [7, 11) is 0. The molecule has 1 aromatic carbocycles. The SMILES string of the molecule is CC(C)(CCCCl)CNc1nc2ccccc2o1. The molecule has 3 nitrogen and oxygen atoms in total. The smallest absolute Gasteiger partial charge is 0.295 e. The molecule has 0 atom stereocenters. The number of rotatable bonds is 6. The van der Waals surface area contributed by atoms with Gasteiger partial charge >= 0.3 is 0 Å². The van der Waals surface area contributed by atoms with Gasteiger partial charge in [-0.15, -0.1) is 11.6 Å². The van der Waals surface area contributed by atoms with Gasteiger partial charge in [0.2, 0.25) is 0 Å². The minimum Gasteiger partial charge on any atom is -0.424 e. The Morgan fingerprint density at radius 2 is 2.11 bits per heavy atom. The second kappa shape index (κ2) is 5.61. The van der Waals surface area contributed by atoms with E-state index < -0.39 is 0 Å². The van der Waals surface area contributed by atoms with Crippen molar-refractivity contribution in [2.75, 3.05) is 17.7 Å². The highest BCUT2D eigenvalue weighted by Gasteiger charge is 2.18. The Kier molecular flexibility index (Phi) is 4.12. The van der Waals surface area contributed by atoms with E-state index in [4.69, 9.17) is 16.0 Å². The number of aromatic nitrogens is 1. The zero-order valence-electron chi connectivity index (χ0n) is 10.9. The van der Waals surface area contributed by atoms with Gasteiger partial charge in [-0.3, -0.25) is 0 Å². The molecule has 2 aromatic rings. The maximum absolute atomic E-state index is 5.73. The summed E-state index contributed by atoms with van der Waals surface area (Å²) in [6.07, 6.45) is 2.12. The third-order valence-corrected chi connectivity index (χ3v) is 3.27. The second-order valence-corrected chi connectivity index (χ2v) is 5.68. The molecule has 0 radical (unpaired) electrons. The maximum Gasteiger partial charge on any atom is 0.295 e. The predicted octanol–water partition coefficient (Wildman–Crippen LogP) is 4.28. The molecule has 4 heteroatoms. The Morgan fingerprint density at radius 3 is 2.83 bits per heavy atom. The number of para-hydroxylation sites is 2. The fraction of sp³-hybridized carbons (Fsp3) is 0.500. The minimum absolute atomic E-state index is 0.190. The summed E-state index contributed by atoms with van der Waals surface area (Å²) in [6.45, 7) is 5.26. The molecule has 1 heterocycles. The molecule has 0 unspecified atom stereocenters. The average Bonchev–Trinajstić information content (AvgIpc) is 2.77. The third-order valence-electron chi connectivity index (χ3n) is 3.00. The topological polar surface area (TPSA) is 38.1 Å². The number of hydrogen-bond acceptors (Lipinski definition) is 3. The summed E-state index contributed by atoms with van der Waals surface area (Å²) in [5.41, 5.74) is 1.90. The molecule has 98 valence electrons. The highest BCUT2D eigenvalue weighted by atomic mass is 35.5. The zero-order chi connectivity index (χ0) is 13.0. The van der Waals surface area contributed by atoms with Crippen LogP contribution in [0, 0.1) is 5.41 Å². The Bertz CT molecular complexity index is 474. The van der Waals surface area contributed by atoms with E-state index in [9.17, 15) is 0 Å². The van der Waals surface area contributed by atoms with E-state index in [0.29, 0.717) is 11.9 Å². The van der Waals surface area contributed by atoms with Crippen LogP contribution in [0.1, 0.15) is 26.7 Å². The number of nitrogens with zero attached hydrogens (tertiary/aromatic N) is 1. The van der Waals surface area contributed by atoms with Gasteiger partial charge < -0.3 is 9.73 Å². The zero-order valence-corrected chi connectivity index (χ0v) is 11.6. The predicted molar refractivity (Wildman–Crippen MR) is 76.2 cm³/mol. The minimum atomic E-state index is 0.190. The van der Waals surface area contributed by atoms with Crippen LogP contribution < -0.4 is 5.32 Å². The normalized spacial score (nSPS) is 11.9. The van der Waals surface area contributed by atoms with Gasteiger partial charge in [0.25, 0.3) is 6.01 Å². The van der Waals surface area contributed by atoms with Gasteiger partial charge in [0.15, 0.2) is 5.58 Å². The molecule has 18 heavy (non-hydrogen) atoms. The Labute approximate surface area is 113 Å². The number of hydrogen-bond donors (Lipinski definition) is 1. The molecule has 1 aromatic heterocycles. The van der Waals surface area contributed by atoms with Crippen molar-refractivity contribution in [3.8, 4) is 0 Å². The molecule has 1 N–H and O–H groups in total. The number of oxazole rings is 1. The van der Waals surface area contributed by atoms with Crippen LogP contribution in [0.5, 0.6) is 0 Å². The van der Waals surface area contributed by atoms with Crippen LogP contribution in [0.3, 0.4) is 0 Å². The summed E-state index contributed by atoms with van der Waals surface area (Å²) < 4.78 is 5.62.